The molecule has 0 saturated carbocycles. The number of Topliss-reactive ketones (excluding diaryl/α,β-unsaturated/α-hetero) is 1. The van der Waals surface area contributed by atoms with Gasteiger partial charge in [-0.05, 0) is 60.3 Å². The normalized spacial score (nSPS) is 18.9. The molecule has 1 heterocycles. The monoisotopic (exact) mass is 341 g/mol. The Morgan fingerprint density at radius 2 is 2.15 bits per heavy atom. The zero-order valence-electron chi connectivity index (χ0n) is 11.4. The van der Waals surface area contributed by atoms with E-state index in [1.807, 2.05) is 0 Å². The van der Waals surface area contributed by atoms with Crippen LogP contribution < -0.4 is 0 Å². The number of hydrogen-bond acceptors (Lipinski definition) is 2. The molecule has 3 nitrogen and oxygen atoms in total. The molecule has 1 saturated heterocycles. The van der Waals surface area contributed by atoms with Crippen LogP contribution in [0.5, 0.6) is 0 Å². The highest BCUT2D eigenvalue weighted by Gasteiger charge is 2.29. The Morgan fingerprint density at radius 1 is 1.40 bits per heavy atom. The molecule has 2 rings (SSSR count). The van der Waals surface area contributed by atoms with E-state index < -0.39 is 5.82 Å². The highest BCUT2D eigenvalue weighted by molar-refractivity contribution is 9.10. The van der Waals surface area contributed by atoms with Gasteiger partial charge in [0.2, 0.25) is 0 Å². The minimum atomic E-state index is -0.434. The number of carbonyl (C=O) groups excluding carboxylic acids is 2. The van der Waals surface area contributed by atoms with Gasteiger partial charge >= 0.3 is 0 Å². The molecule has 0 aromatic heterocycles. The maximum atomic E-state index is 13.3. The van der Waals surface area contributed by atoms with Crippen molar-refractivity contribution in [1.82, 2.24) is 4.90 Å². The van der Waals surface area contributed by atoms with Gasteiger partial charge in [0, 0.05) is 23.5 Å². The first-order chi connectivity index (χ1) is 9.49. The number of halogens is 2. The smallest absolute Gasteiger partial charge is 0.255 e. The van der Waals surface area contributed by atoms with E-state index in [2.05, 4.69) is 15.9 Å². The highest BCUT2D eigenvalue weighted by Crippen LogP contribution is 2.25. The standard InChI is InChI=1S/C15H17BrFNO2/c1-10(19)8-12-4-2-3-7-18(12)15(20)13-9-11(17)5-6-14(13)16/h5-6,9,12H,2-4,7-8H2,1H3. The van der Waals surface area contributed by atoms with Crippen LogP contribution in [-0.4, -0.2) is 29.2 Å². The zero-order chi connectivity index (χ0) is 14.7. The van der Waals surface area contributed by atoms with Crippen molar-refractivity contribution in [2.24, 2.45) is 0 Å². The fourth-order valence-corrected chi connectivity index (χ4v) is 3.04. The van der Waals surface area contributed by atoms with Crippen LogP contribution in [0, 0.1) is 5.82 Å². The fraction of sp³-hybridized carbons (Fsp3) is 0.467. The van der Waals surface area contributed by atoms with Gasteiger partial charge < -0.3 is 4.90 Å². The van der Waals surface area contributed by atoms with E-state index >= 15 is 0 Å². The number of piperidine rings is 1. The van der Waals surface area contributed by atoms with Gasteiger partial charge in [-0.3, -0.25) is 9.59 Å². The number of rotatable bonds is 3. The quantitative estimate of drug-likeness (QED) is 0.842. The van der Waals surface area contributed by atoms with Crippen LogP contribution in [0.25, 0.3) is 0 Å². The Hall–Kier alpha value is -1.23. The van der Waals surface area contributed by atoms with Crippen LogP contribution >= 0.6 is 15.9 Å². The first-order valence-corrected chi connectivity index (χ1v) is 7.54. The maximum absolute atomic E-state index is 13.3. The SMILES string of the molecule is CC(=O)CC1CCCCN1C(=O)c1cc(F)ccc1Br. The first-order valence-electron chi connectivity index (χ1n) is 6.74. The number of likely N-dealkylation sites (tertiary alicyclic amines) is 1. The third kappa shape index (κ3) is 3.45. The second-order valence-corrected chi connectivity index (χ2v) is 6.03. The van der Waals surface area contributed by atoms with E-state index in [1.54, 1.807) is 4.90 Å². The van der Waals surface area contributed by atoms with Gasteiger partial charge in [0.05, 0.1) is 5.56 Å². The lowest BCUT2D eigenvalue weighted by Crippen LogP contribution is -2.44. The molecule has 1 amide bonds. The predicted octanol–water partition coefficient (Wildman–Crippen LogP) is 3.56. The third-order valence-electron chi connectivity index (χ3n) is 3.57. The summed E-state index contributed by atoms with van der Waals surface area (Å²) in [5, 5.41) is 0. The summed E-state index contributed by atoms with van der Waals surface area (Å²) in [5.41, 5.74) is 0.320. The van der Waals surface area contributed by atoms with Crippen LogP contribution in [0.1, 0.15) is 43.0 Å². The molecule has 0 N–H and O–H groups in total. The Morgan fingerprint density at radius 3 is 2.85 bits per heavy atom. The van der Waals surface area contributed by atoms with Crippen molar-refractivity contribution in [1.29, 1.82) is 0 Å². The van der Waals surface area contributed by atoms with Crippen molar-refractivity contribution in [2.75, 3.05) is 6.54 Å². The van der Waals surface area contributed by atoms with Crippen molar-refractivity contribution in [2.45, 2.75) is 38.6 Å². The Kier molecular flexibility index (Phi) is 4.91. The molecule has 0 bridgehead atoms. The summed E-state index contributed by atoms with van der Waals surface area (Å²) in [6.45, 7) is 2.16. The van der Waals surface area contributed by atoms with Crippen LogP contribution in [0.15, 0.2) is 22.7 Å². The molecule has 0 radical (unpaired) electrons. The minimum absolute atomic E-state index is 0.0658. The van der Waals surface area contributed by atoms with E-state index in [4.69, 9.17) is 0 Å². The number of amides is 1. The summed E-state index contributed by atoms with van der Waals surface area (Å²) in [4.78, 5) is 25.6. The number of benzene rings is 1. The van der Waals surface area contributed by atoms with Crippen molar-refractivity contribution >= 4 is 27.6 Å². The zero-order valence-corrected chi connectivity index (χ0v) is 13.0. The van der Waals surface area contributed by atoms with Gasteiger partial charge in [-0.1, -0.05) is 0 Å². The largest absolute Gasteiger partial charge is 0.335 e. The topological polar surface area (TPSA) is 37.4 Å². The maximum Gasteiger partial charge on any atom is 0.255 e. The van der Waals surface area contributed by atoms with Crippen LogP contribution in [0.3, 0.4) is 0 Å². The lowest BCUT2D eigenvalue weighted by atomic mass is 9.97. The molecule has 20 heavy (non-hydrogen) atoms. The summed E-state index contributed by atoms with van der Waals surface area (Å²) in [7, 11) is 0. The van der Waals surface area contributed by atoms with Crippen molar-refractivity contribution in [3.63, 3.8) is 0 Å². The number of nitrogens with zero attached hydrogens (tertiary/aromatic N) is 1. The van der Waals surface area contributed by atoms with Crippen molar-refractivity contribution < 1.29 is 14.0 Å². The molecule has 5 heteroatoms. The summed E-state index contributed by atoms with van der Waals surface area (Å²) < 4.78 is 13.9. The average molecular weight is 342 g/mol. The van der Waals surface area contributed by atoms with Crippen molar-refractivity contribution in [3.05, 3.63) is 34.1 Å². The minimum Gasteiger partial charge on any atom is -0.335 e. The van der Waals surface area contributed by atoms with Gasteiger partial charge in [-0.15, -0.1) is 0 Å². The molecule has 1 fully saturated rings. The number of ketones is 1. The van der Waals surface area contributed by atoms with E-state index in [1.165, 1.54) is 25.1 Å². The van der Waals surface area contributed by atoms with E-state index in [9.17, 15) is 14.0 Å². The van der Waals surface area contributed by atoms with Gasteiger partial charge in [0.15, 0.2) is 0 Å². The fourth-order valence-electron chi connectivity index (χ4n) is 2.63. The van der Waals surface area contributed by atoms with Gasteiger partial charge in [-0.2, -0.15) is 0 Å². The molecule has 1 atom stereocenters. The molecule has 108 valence electrons. The first kappa shape index (κ1) is 15.2. The van der Waals surface area contributed by atoms with Crippen LogP contribution in [0.4, 0.5) is 4.39 Å². The summed E-state index contributed by atoms with van der Waals surface area (Å²) in [6, 6.07) is 4.02. The molecule has 1 aliphatic heterocycles. The van der Waals surface area contributed by atoms with Gasteiger partial charge in [-0.25, -0.2) is 4.39 Å². The molecule has 1 aromatic carbocycles. The van der Waals surface area contributed by atoms with E-state index in [0.717, 1.165) is 19.3 Å². The van der Waals surface area contributed by atoms with Crippen LogP contribution in [0.2, 0.25) is 0 Å². The number of carbonyl (C=O) groups is 2. The highest BCUT2D eigenvalue weighted by atomic mass is 79.9. The lowest BCUT2D eigenvalue weighted by Gasteiger charge is -2.35. The molecule has 1 unspecified atom stereocenters. The predicted molar refractivity (Wildman–Crippen MR) is 78.1 cm³/mol. The van der Waals surface area contributed by atoms with Crippen molar-refractivity contribution in [3.8, 4) is 0 Å². The lowest BCUT2D eigenvalue weighted by molar-refractivity contribution is -0.118. The second kappa shape index (κ2) is 6.48. The second-order valence-electron chi connectivity index (χ2n) is 5.18. The average Bonchev–Trinajstić information content (AvgIpc) is 2.41. The summed E-state index contributed by atoms with van der Waals surface area (Å²) in [6.07, 6.45) is 3.15. The summed E-state index contributed by atoms with van der Waals surface area (Å²) >= 11 is 3.29. The molecular formula is C15H17BrFNO2. The van der Waals surface area contributed by atoms with E-state index in [-0.39, 0.29) is 17.7 Å². The Labute approximate surface area is 126 Å². The Bertz CT molecular complexity index is 533. The third-order valence-corrected chi connectivity index (χ3v) is 4.26. The number of hydrogen-bond donors (Lipinski definition) is 0. The van der Waals surface area contributed by atoms with Crippen LogP contribution in [-0.2, 0) is 4.79 Å². The van der Waals surface area contributed by atoms with Gasteiger partial charge in [0.25, 0.3) is 5.91 Å². The molecule has 0 aliphatic carbocycles. The van der Waals surface area contributed by atoms with E-state index in [0.29, 0.717) is 23.0 Å². The molecule has 0 spiro atoms. The molecule has 1 aliphatic rings. The Balaban J connectivity index is 2.25. The molecular weight excluding hydrogens is 325 g/mol. The summed E-state index contributed by atoms with van der Waals surface area (Å²) in [5.74, 6) is -0.563. The van der Waals surface area contributed by atoms with Gasteiger partial charge in [0.1, 0.15) is 11.6 Å². The molecule has 1 aromatic rings.